The first-order valence-electron chi connectivity index (χ1n) is 13.9. The summed E-state index contributed by atoms with van der Waals surface area (Å²) in [4.78, 5) is 31.3. The van der Waals surface area contributed by atoms with Crippen LogP contribution in [0.15, 0.2) is 54.6 Å². The van der Waals surface area contributed by atoms with Crippen LogP contribution < -0.4 is 20.4 Å². The van der Waals surface area contributed by atoms with Gasteiger partial charge in [0.15, 0.2) is 5.69 Å². The Morgan fingerprint density at radius 1 is 1.02 bits per heavy atom. The maximum Gasteiger partial charge on any atom is 0.416 e. The number of anilines is 4. The standard InChI is InChI=1S/C31H34F3N7O2/c1-18-6-7-21(15-27(18)40(5)22-8-9-25-26(16-22)37-38-28(25)30(43)35-2)36-29(42)19-12-20(31(32,33)34)14-24(13-19)41-11-10-23(17-41)39(3)4/h6-9,12-16,23H,10-11,17H2,1-5H3,(H,35,43)(H,36,42)(H,37,38)/t23-/m0/s1. The summed E-state index contributed by atoms with van der Waals surface area (Å²) in [6.07, 6.45) is -3.77. The van der Waals surface area contributed by atoms with E-state index >= 15 is 0 Å². The number of nitrogens with zero attached hydrogens (tertiary/aromatic N) is 4. The summed E-state index contributed by atoms with van der Waals surface area (Å²) < 4.78 is 41.5. The number of fused-ring (bicyclic) bond motifs is 1. The molecule has 4 aromatic rings. The summed E-state index contributed by atoms with van der Waals surface area (Å²) in [6.45, 7) is 3.11. The molecule has 9 nitrogen and oxygen atoms in total. The van der Waals surface area contributed by atoms with Crippen LogP contribution in [0, 0.1) is 6.92 Å². The fourth-order valence-electron chi connectivity index (χ4n) is 5.38. The molecule has 0 unspecified atom stereocenters. The fourth-order valence-corrected chi connectivity index (χ4v) is 5.38. The van der Waals surface area contributed by atoms with Gasteiger partial charge in [-0.15, -0.1) is 0 Å². The van der Waals surface area contributed by atoms with Crippen molar-refractivity contribution in [2.45, 2.75) is 25.6 Å². The molecule has 1 atom stereocenters. The van der Waals surface area contributed by atoms with Crippen molar-refractivity contribution in [3.8, 4) is 0 Å². The van der Waals surface area contributed by atoms with E-state index in [9.17, 15) is 22.8 Å². The van der Waals surface area contributed by atoms with Gasteiger partial charge in [0.05, 0.1) is 11.1 Å². The fraction of sp³-hybridized carbons (Fsp3) is 0.323. The van der Waals surface area contributed by atoms with Crippen LogP contribution in [-0.2, 0) is 6.18 Å². The second-order valence-corrected chi connectivity index (χ2v) is 11.0. The molecule has 5 rings (SSSR count). The number of rotatable bonds is 7. The van der Waals surface area contributed by atoms with Crippen LogP contribution in [0.2, 0.25) is 0 Å². The van der Waals surface area contributed by atoms with E-state index in [1.807, 2.05) is 62.1 Å². The van der Waals surface area contributed by atoms with Crippen molar-refractivity contribution in [3.63, 3.8) is 0 Å². The maximum atomic E-state index is 13.8. The lowest BCUT2D eigenvalue weighted by atomic mass is 10.1. The molecule has 2 amide bonds. The van der Waals surface area contributed by atoms with Gasteiger partial charge < -0.3 is 25.3 Å². The zero-order valence-corrected chi connectivity index (χ0v) is 24.6. The molecule has 3 N–H and O–H groups in total. The van der Waals surface area contributed by atoms with E-state index in [1.165, 1.54) is 6.07 Å². The average molecular weight is 594 g/mol. The summed E-state index contributed by atoms with van der Waals surface area (Å²) in [7, 11) is 7.30. The monoisotopic (exact) mass is 593 g/mol. The third kappa shape index (κ3) is 6.14. The zero-order valence-electron chi connectivity index (χ0n) is 24.6. The van der Waals surface area contributed by atoms with Gasteiger partial charge in [0.25, 0.3) is 11.8 Å². The highest BCUT2D eigenvalue weighted by Crippen LogP contribution is 2.35. The first-order valence-corrected chi connectivity index (χ1v) is 13.9. The molecule has 0 bridgehead atoms. The first-order chi connectivity index (χ1) is 20.3. The van der Waals surface area contributed by atoms with E-state index < -0.39 is 17.6 Å². The van der Waals surface area contributed by atoms with Gasteiger partial charge in [0, 0.05) is 66.9 Å². The van der Waals surface area contributed by atoms with Crippen LogP contribution in [0.1, 0.15) is 38.4 Å². The predicted molar refractivity (Wildman–Crippen MR) is 162 cm³/mol. The van der Waals surface area contributed by atoms with Crippen molar-refractivity contribution < 1.29 is 22.8 Å². The van der Waals surface area contributed by atoms with Crippen LogP contribution in [0.5, 0.6) is 0 Å². The number of carbonyl (C=O) groups excluding carboxylic acids is 2. The third-order valence-electron chi connectivity index (χ3n) is 7.97. The Bertz CT molecular complexity index is 1680. The molecule has 1 fully saturated rings. The molecular weight excluding hydrogens is 559 g/mol. The summed E-state index contributed by atoms with van der Waals surface area (Å²) in [6, 6.07) is 14.6. The molecule has 0 radical (unpaired) electrons. The summed E-state index contributed by atoms with van der Waals surface area (Å²) in [5, 5.41) is 13.0. The highest BCUT2D eigenvalue weighted by atomic mass is 19.4. The van der Waals surface area contributed by atoms with Gasteiger partial charge in [0.2, 0.25) is 0 Å². The lowest BCUT2D eigenvalue weighted by molar-refractivity contribution is -0.137. The Labute approximate surface area is 247 Å². The number of aryl methyl sites for hydroxylation is 1. The van der Waals surface area contributed by atoms with E-state index in [1.54, 1.807) is 19.2 Å². The quantitative estimate of drug-likeness (QED) is 0.265. The van der Waals surface area contributed by atoms with Crippen LogP contribution in [0.3, 0.4) is 0 Å². The van der Waals surface area contributed by atoms with Crippen molar-refractivity contribution in [3.05, 3.63) is 77.0 Å². The van der Waals surface area contributed by atoms with Crippen LogP contribution in [0.4, 0.5) is 35.9 Å². The molecule has 1 aliphatic rings. The maximum absolute atomic E-state index is 13.8. The van der Waals surface area contributed by atoms with Gasteiger partial charge >= 0.3 is 6.18 Å². The number of hydrogen-bond acceptors (Lipinski definition) is 6. The van der Waals surface area contributed by atoms with Gasteiger partial charge in [-0.25, -0.2) is 0 Å². The second kappa shape index (κ2) is 11.6. The van der Waals surface area contributed by atoms with E-state index in [0.717, 1.165) is 35.5 Å². The minimum atomic E-state index is -4.59. The Hall–Kier alpha value is -4.58. The lowest BCUT2D eigenvalue weighted by Crippen LogP contribution is -2.31. The Morgan fingerprint density at radius 3 is 2.47 bits per heavy atom. The smallest absolute Gasteiger partial charge is 0.370 e. The largest absolute Gasteiger partial charge is 0.416 e. The Kier molecular flexibility index (Phi) is 8.06. The molecule has 1 aromatic heterocycles. The molecule has 43 heavy (non-hydrogen) atoms. The molecule has 0 spiro atoms. The Balaban J connectivity index is 1.41. The van der Waals surface area contributed by atoms with Gasteiger partial charge in [-0.05, 0) is 81.5 Å². The predicted octanol–water partition coefficient (Wildman–Crippen LogP) is 5.41. The zero-order chi connectivity index (χ0) is 31.1. The van der Waals surface area contributed by atoms with Crippen LogP contribution in [0.25, 0.3) is 10.9 Å². The molecule has 0 aliphatic carbocycles. The van der Waals surface area contributed by atoms with E-state index in [-0.39, 0.29) is 17.5 Å². The number of amides is 2. The molecule has 1 aliphatic heterocycles. The number of aromatic nitrogens is 2. The van der Waals surface area contributed by atoms with Crippen molar-refractivity contribution in [2.75, 3.05) is 56.4 Å². The number of alkyl halides is 3. The molecule has 226 valence electrons. The number of nitrogens with one attached hydrogen (secondary N) is 3. The molecular formula is C31H34F3N7O2. The van der Waals surface area contributed by atoms with Crippen molar-refractivity contribution in [1.29, 1.82) is 0 Å². The lowest BCUT2D eigenvalue weighted by Gasteiger charge is -2.24. The Morgan fingerprint density at radius 2 is 1.79 bits per heavy atom. The SMILES string of the molecule is CNC(=O)c1n[nH]c2cc(N(C)c3cc(NC(=O)c4cc(N5CC[C@H](N(C)C)C5)cc(C(F)(F)F)c4)ccc3C)ccc12. The molecule has 0 saturated carbocycles. The number of hydrogen-bond donors (Lipinski definition) is 3. The van der Waals surface area contributed by atoms with Crippen molar-refractivity contribution >= 4 is 45.5 Å². The van der Waals surface area contributed by atoms with E-state index in [4.69, 9.17) is 0 Å². The normalized spacial score (nSPS) is 15.3. The van der Waals surface area contributed by atoms with Gasteiger partial charge in [-0.3, -0.25) is 14.7 Å². The average Bonchev–Trinajstić information content (AvgIpc) is 3.64. The van der Waals surface area contributed by atoms with Gasteiger partial charge in [0.1, 0.15) is 0 Å². The number of carbonyl (C=O) groups is 2. The number of aromatic amines is 1. The van der Waals surface area contributed by atoms with Crippen LogP contribution in [-0.4, -0.2) is 74.2 Å². The highest BCUT2D eigenvalue weighted by Gasteiger charge is 2.33. The molecule has 2 heterocycles. The minimum absolute atomic E-state index is 0.0646. The minimum Gasteiger partial charge on any atom is -0.370 e. The molecule has 1 saturated heterocycles. The van der Waals surface area contributed by atoms with Crippen LogP contribution >= 0.6 is 0 Å². The molecule has 12 heteroatoms. The summed E-state index contributed by atoms with van der Waals surface area (Å²) >= 11 is 0. The molecule has 3 aromatic carbocycles. The van der Waals surface area contributed by atoms with Gasteiger partial charge in [-0.1, -0.05) is 6.07 Å². The topological polar surface area (TPSA) is 96.6 Å². The third-order valence-corrected chi connectivity index (χ3v) is 7.97. The first kappa shape index (κ1) is 29.9. The van der Waals surface area contributed by atoms with E-state index in [0.29, 0.717) is 41.1 Å². The van der Waals surface area contributed by atoms with Crippen molar-refractivity contribution in [2.24, 2.45) is 0 Å². The number of H-pyrrole nitrogens is 1. The summed E-state index contributed by atoms with van der Waals surface area (Å²) in [5.41, 5.74) is 3.37. The van der Waals surface area contributed by atoms with Gasteiger partial charge in [-0.2, -0.15) is 18.3 Å². The number of likely N-dealkylation sites (N-methyl/N-ethyl adjacent to an activating group) is 1. The van der Waals surface area contributed by atoms with Crippen molar-refractivity contribution in [1.82, 2.24) is 20.4 Å². The number of halogens is 3. The second-order valence-electron chi connectivity index (χ2n) is 11.0. The highest BCUT2D eigenvalue weighted by molar-refractivity contribution is 6.06. The summed E-state index contributed by atoms with van der Waals surface area (Å²) in [5.74, 6) is -0.925. The van der Waals surface area contributed by atoms with E-state index in [2.05, 4.69) is 25.7 Å². The number of benzene rings is 3.